The number of aromatic nitrogens is 4. The molecule has 412 valence electrons. The number of para-hydroxylation sites is 1. The van der Waals surface area contributed by atoms with Gasteiger partial charge in [-0.05, 0) is 136 Å². The second-order valence-electron chi connectivity index (χ2n) is 25.1. The van der Waals surface area contributed by atoms with Gasteiger partial charge in [0.15, 0.2) is 0 Å². The predicted molar refractivity (Wildman–Crippen MR) is 337 cm³/mol. The van der Waals surface area contributed by atoms with Gasteiger partial charge >= 0.3 is 0 Å². The zero-order valence-electron chi connectivity index (χ0n) is 58.4. The fourth-order valence-electron chi connectivity index (χ4n) is 10.6. The Morgan fingerprint density at radius 2 is 1.06 bits per heavy atom. The minimum absolute atomic E-state index is 0. The van der Waals surface area contributed by atoms with Crippen molar-refractivity contribution in [1.29, 1.82) is 0 Å². The van der Waals surface area contributed by atoms with Crippen molar-refractivity contribution in [3.8, 4) is 73.2 Å². The number of nitrogens with zero attached hydrogens (tertiary/aromatic N) is 4. The summed E-state index contributed by atoms with van der Waals surface area (Å²) in [5.74, 6) is 1.53. The first-order valence-electron chi connectivity index (χ1n) is 32.5. The summed E-state index contributed by atoms with van der Waals surface area (Å²) in [5, 5.41) is 2.01. The fourth-order valence-corrected chi connectivity index (χ4v) is 10.6. The Morgan fingerprint density at radius 1 is 0.463 bits per heavy atom. The Labute approximate surface area is 513 Å². The number of fused-ring (bicyclic) bond motifs is 4. The maximum absolute atomic E-state index is 9.40. The summed E-state index contributed by atoms with van der Waals surface area (Å²) >= 11 is 0. The molecule has 0 spiro atoms. The quantitative estimate of drug-likeness (QED) is 0.107. The average Bonchev–Trinajstić information content (AvgIpc) is 1.42. The summed E-state index contributed by atoms with van der Waals surface area (Å²) in [6.07, 6.45) is 5.61. The maximum Gasteiger partial charge on any atom is 0.268 e. The van der Waals surface area contributed by atoms with Crippen molar-refractivity contribution in [2.24, 2.45) is 0 Å². The largest absolute Gasteiger partial charge is 0.510 e. The van der Waals surface area contributed by atoms with Gasteiger partial charge in [-0.1, -0.05) is 222 Å². The third-order valence-electron chi connectivity index (χ3n) is 15.2. The van der Waals surface area contributed by atoms with Crippen molar-refractivity contribution in [2.75, 3.05) is 0 Å². The Hall–Kier alpha value is -8.11. The summed E-state index contributed by atoms with van der Waals surface area (Å²) in [6.45, 7) is 26.0. The van der Waals surface area contributed by atoms with Gasteiger partial charge in [0.2, 0.25) is 0 Å². The van der Waals surface area contributed by atoms with Crippen molar-refractivity contribution in [3.63, 3.8) is 0 Å². The molecule has 3 aromatic heterocycles. The van der Waals surface area contributed by atoms with E-state index in [1.54, 1.807) is 12.1 Å². The monoisotopic (exact) mass is 1260 g/mol. The van der Waals surface area contributed by atoms with Crippen LogP contribution in [0.5, 0.6) is 11.5 Å². The Balaban J connectivity index is 0.00000867. The number of hydrogen-bond donors (Lipinski definition) is 0. The van der Waals surface area contributed by atoms with Gasteiger partial charge in [-0.3, -0.25) is 4.57 Å². The van der Waals surface area contributed by atoms with E-state index in [0.29, 0.717) is 56.2 Å². The molecule has 6 heteroatoms. The van der Waals surface area contributed by atoms with Crippen LogP contribution in [0.1, 0.15) is 119 Å². The molecule has 0 radical (unpaired) electrons. The van der Waals surface area contributed by atoms with Crippen LogP contribution in [0, 0.1) is 18.5 Å². The molecule has 0 saturated carbocycles. The van der Waals surface area contributed by atoms with E-state index < -0.39 is 36.3 Å². The normalized spacial score (nSPS) is 14.0. The number of hydrogen-bond acceptors (Lipinski definition) is 2. The van der Waals surface area contributed by atoms with Crippen LogP contribution >= 0.6 is 0 Å². The second kappa shape index (κ2) is 21.3. The van der Waals surface area contributed by atoms with Crippen LogP contribution in [-0.2, 0) is 42.7 Å². The van der Waals surface area contributed by atoms with Crippen molar-refractivity contribution in [2.45, 2.75) is 105 Å². The van der Waals surface area contributed by atoms with Gasteiger partial charge in [-0.25, -0.2) is 4.98 Å². The predicted octanol–water partition coefficient (Wildman–Crippen LogP) is 19.4. The van der Waals surface area contributed by atoms with Crippen LogP contribution in [0.25, 0.3) is 94.5 Å². The van der Waals surface area contributed by atoms with E-state index in [1.165, 1.54) is 0 Å². The van der Waals surface area contributed by atoms with Gasteiger partial charge in [0, 0.05) is 44.3 Å². The average molecular weight is 1260 g/mol. The van der Waals surface area contributed by atoms with E-state index in [4.69, 9.17) is 20.7 Å². The van der Waals surface area contributed by atoms with Crippen molar-refractivity contribution >= 4 is 32.8 Å². The first-order valence-corrected chi connectivity index (χ1v) is 27.5. The zero-order chi connectivity index (χ0) is 65.3. The summed E-state index contributed by atoms with van der Waals surface area (Å²) in [5.41, 5.74) is 10.9. The minimum atomic E-state index is -0.502. The third-order valence-corrected chi connectivity index (χ3v) is 15.2. The van der Waals surface area contributed by atoms with E-state index in [2.05, 4.69) is 155 Å². The molecule has 0 amide bonds. The number of pyridine rings is 1. The van der Waals surface area contributed by atoms with Gasteiger partial charge in [0.25, 0.3) is 6.33 Å². The molecule has 5 nitrogen and oxygen atoms in total. The molecule has 12 rings (SSSR count). The molecule has 0 fully saturated rings. The topological polar surface area (TPSA) is 35.9 Å². The molecule has 82 heavy (non-hydrogen) atoms. The first-order chi connectivity index (χ1) is 42.8. The van der Waals surface area contributed by atoms with Crippen molar-refractivity contribution < 1.29 is 44.1 Å². The number of imidazole rings is 1. The Morgan fingerprint density at radius 3 is 1.73 bits per heavy atom. The molecule has 0 saturated heterocycles. The molecule has 0 atom stereocenters. The van der Waals surface area contributed by atoms with Crippen LogP contribution in [0.2, 0.25) is 0 Å². The fraction of sp³-hybridized carbons (Fsp3) is 0.211. The molecule has 0 aliphatic heterocycles. The van der Waals surface area contributed by atoms with Crippen LogP contribution in [0.3, 0.4) is 0 Å². The molecule has 3 heterocycles. The summed E-state index contributed by atoms with van der Waals surface area (Å²) in [4.78, 5) is 4.87. The maximum atomic E-state index is 9.40. The molecule has 0 unspecified atom stereocenters. The molecule has 0 N–H and O–H groups in total. The third kappa shape index (κ3) is 10.8. The molecule has 0 aliphatic carbocycles. The van der Waals surface area contributed by atoms with Gasteiger partial charge in [0.1, 0.15) is 5.82 Å². The van der Waals surface area contributed by atoms with Gasteiger partial charge in [0.05, 0.1) is 30.4 Å². The van der Waals surface area contributed by atoms with Crippen molar-refractivity contribution in [1.82, 2.24) is 14.1 Å². The van der Waals surface area contributed by atoms with Gasteiger partial charge < -0.3 is 13.9 Å². The number of rotatable bonds is 9. The van der Waals surface area contributed by atoms with Gasteiger partial charge in [-0.15, -0.1) is 29.7 Å². The molecule has 9 aromatic carbocycles. The van der Waals surface area contributed by atoms with E-state index in [9.17, 15) is 2.74 Å². The zero-order valence-corrected chi connectivity index (χ0v) is 50.6. The SMILES string of the molecule is [2H]c1c([2H])c([2H])c(-c2cc(-c3cccc(C(C)(C)C)c3)c(-[n+]3[c-]n(-c4[c-]c(Oc5[c-]c6c(cc5)c5ccccc5n6-c5cc(C(C)(C)C)ccn5)ccc4)c4cc(-c5c([2H])c([2H])c([2H])c([2H])c5[2H])ccc43)c(-c3cc(C(C)(C)C)cc(C(C)(C)C)c3)c2)c([2H])c1[2H].[Pt]. The first kappa shape index (κ1) is 44.5. The number of ether oxygens (including phenoxy) is 1. The summed E-state index contributed by atoms with van der Waals surface area (Å²) in [7, 11) is 0. The summed E-state index contributed by atoms with van der Waals surface area (Å²) < 4.78 is 102. The van der Waals surface area contributed by atoms with Gasteiger partial charge in [-0.2, -0.15) is 18.2 Å². The van der Waals surface area contributed by atoms with E-state index in [1.807, 2.05) is 94.2 Å². The molecular formula is C76H70N4OPt-2. The molecular weight excluding hydrogens is 1180 g/mol. The van der Waals surface area contributed by atoms with Crippen LogP contribution in [0.15, 0.2) is 206 Å². The summed E-state index contributed by atoms with van der Waals surface area (Å²) in [6, 6.07) is 48.9. The standard InChI is InChI=1S/C76H70N4O.Pt/c1-73(2,3)56-28-21-27-53(39-56)65-42-54(51-25-17-14-18-26-51)43-66(55-40-58(75(7,8)9)45-59(41-55)76(10,11)12)72(65)79-49-78(70-44-52(33-36-68(70)79)50-23-15-13-16-24-50)60-29-22-30-61(47-60)81-62-34-35-64-63-31-19-20-32-67(63)80(69(64)48-62)71-46-57(37-38-77-71)74(4,5)6;/h13-46H,1-12H3;/q-2;/i13D,14D,15D,16D,17D,18D,23D,24D,25D,26D;. The van der Waals surface area contributed by atoms with Crippen LogP contribution < -0.4 is 9.30 Å². The number of benzene rings is 9. The Kier molecular flexibility index (Phi) is 11.6. The van der Waals surface area contributed by atoms with E-state index >= 15 is 0 Å². The van der Waals surface area contributed by atoms with Crippen LogP contribution in [-0.4, -0.2) is 14.1 Å². The molecule has 12 aromatic rings. The van der Waals surface area contributed by atoms with E-state index in [-0.39, 0.29) is 78.0 Å². The second-order valence-corrected chi connectivity index (χ2v) is 25.1. The Bertz CT molecular complexity index is 4890. The molecule has 0 bridgehead atoms. The van der Waals surface area contributed by atoms with Crippen LogP contribution in [0.4, 0.5) is 0 Å². The van der Waals surface area contributed by atoms with Crippen molar-refractivity contribution in [3.05, 3.63) is 247 Å². The molecule has 0 aliphatic rings. The van der Waals surface area contributed by atoms with E-state index in [0.717, 1.165) is 61.0 Å². The smallest absolute Gasteiger partial charge is 0.268 e. The minimum Gasteiger partial charge on any atom is -0.510 e.